The Labute approximate surface area is 125 Å². The van der Waals surface area contributed by atoms with Gasteiger partial charge in [0.15, 0.2) is 5.60 Å². The van der Waals surface area contributed by atoms with Crippen molar-refractivity contribution >= 4 is 9.47 Å². The van der Waals surface area contributed by atoms with Crippen LogP contribution in [0.15, 0.2) is 6.07 Å². The maximum Gasteiger partial charge on any atom is 0.237 e. The molecule has 0 fully saturated rings. The van der Waals surface area contributed by atoms with Crippen LogP contribution in [0.3, 0.4) is 0 Å². The molecule has 0 spiro atoms. The van der Waals surface area contributed by atoms with Crippen LogP contribution in [-0.4, -0.2) is 34.8 Å². The van der Waals surface area contributed by atoms with Gasteiger partial charge in [0.1, 0.15) is 12.4 Å². The summed E-state index contributed by atoms with van der Waals surface area (Å²) in [6, 6.07) is 1.68. The second kappa shape index (κ2) is 5.48. The largest absolute Gasteiger partial charge is 0.490 e. The highest BCUT2D eigenvalue weighted by Gasteiger charge is 2.41. The SMILES string of the molecule is Cc1nc(C(C)(O)C[N+](=O)[O-])cc2c1OC[C@]2(C)COP. The van der Waals surface area contributed by atoms with Crippen molar-refractivity contribution in [1.82, 2.24) is 4.98 Å². The van der Waals surface area contributed by atoms with Gasteiger partial charge in [-0.3, -0.25) is 15.1 Å². The number of pyridine rings is 1. The summed E-state index contributed by atoms with van der Waals surface area (Å²) in [6.07, 6.45) is 0. The van der Waals surface area contributed by atoms with Crippen LogP contribution in [0.4, 0.5) is 0 Å². The van der Waals surface area contributed by atoms with Crippen LogP contribution in [0.2, 0.25) is 0 Å². The molecule has 0 radical (unpaired) electrons. The van der Waals surface area contributed by atoms with Gasteiger partial charge in [-0.25, -0.2) is 0 Å². The Bertz CT molecular complexity index is 578. The third-order valence-corrected chi connectivity index (χ3v) is 3.89. The van der Waals surface area contributed by atoms with Crippen molar-refractivity contribution in [1.29, 1.82) is 0 Å². The van der Waals surface area contributed by atoms with Crippen LogP contribution in [0, 0.1) is 17.0 Å². The van der Waals surface area contributed by atoms with E-state index < -0.39 is 17.1 Å². The van der Waals surface area contributed by atoms with Crippen molar-refractivity contribution < 1.29 is 19.3 Å². The van der Waals surface area contributed by atoms with Crippen molar-refractivity contribution in [2.45, 2.75) is 31.8 Å². The maximum absolute atomic E-state index is 10.7. The van der Waals surface area contributed by atoms with Crippen LogP contribution in [0.5, 0.6) is 5.75 Å². The number of hydrogen-bond acceptors (Lipinski definition) is 6. The summed E-state index contributed by atoms with van der Waals surface area (Å²) in [5.41, 5.74) is -0.260. The molecule has 2 unspecified atom stereocenters. The lowest BCUT2D eigenvalue weighted by Gasteiger charge is -2.24. The first-order valence-corrected chi connectivity index (χ1v) is 6.98. The van der Waals surface area contributed by atoms with E-state index in [4.69, 9.17) is 9.26 Å². The van der Waals surface area contributed by atoms with E-state index in [2.05, 4.69) is 14.5 Å². The van der Waals surface area contributed by atoms with Gasteiger partial charge in [-0.15, -0.1) is 0 Å². The van der Waals surface area contributed by atoms with Crippen LogP contribution in [-0.2, 0) is 15.5 Å². The van der Waals surface area contributed by atoms with Gasteiger partial charge in [-0.1, -0.05) is 0 Å². The average Bonchev–Trinajstić information content (AvgIpc) is 2.66. The summed E-state index contributed by atoms with van der Waals surface area (Å²) < 4.78 is 10.8. The fourth-order valence-corrected chi connectivity index (χ4v) is 2.88. The summed E-state index contributed by atoms with van der Waals surface area (Å²) in [5.74, 6) is 0.667. The van der Waals surface area contributed by atoms with Crippen LogP contribution in [0.25, 0.3) is 0 Å². The minimum atomic E-state index is -1.63. The molecule has 0 saturated carbocycles. The zero-order chi connectivity index (χ0) is 15.8. The molecule has 116 valence electrons. The fraction of sp³-hybridized carbons (Fsp3) is 0.615. The first-order chi connectivity index (χ1) is 9.69. The summed E-state index contributed by atoms with van der Waals surface area (Å²) >= 11 is 0. The van der Waals surface area contributed by atoms with E-state index in [1.54, 1.807) is 13.0 Å². The number of nitrogens with zero attached hydrogens (tertiary/aromatic N) is 2. The van der Waals surface area contributed by atoms with E-state index in [0.717, 1.165) is 5.56 Å². The minimum Gasteiger partial charge on any atom is -0.490 e. The molecule has 3 atom stereocenters. The molecular weight excluding hydrogens is 295 g/mol. The number of aliphatic hydroxyl groups is 1. The van der Waals surface area contributed by atoms with Crippen LogP contribution in [0.1, 0.15) is 30.8 Å². The molecule has 1 aliphatic heterocycles. The standard InChI is InChI=1S/C13H19N2O5P/c1-8-11-9(12(2,6-19-11)7-20-21)4-10(14-8)13(3,16)5-15(17)18/h4,16H,5-7,21H2,1-3H3/t12-,13?/m1/s1. The lowest BCUT2D eigenvalue weighted by Crippen LogP contribution is -2.33. The number of hydrogen-bond donors (Lipinski definition) is 1. The zero-order valence-electron chi connectivity index (χ0n) is 12.3. The van der Waals surface area contributed by atoms with E-state index in [9.17, 15) is 15.2 Å². The van der Waals surface area contributed by atoms with Gasteiger partial charge in [0.05, 0.1) is 23.4 Å². The van der Waals surface area contributed by atoms with E-state index in [-0.39, 0.29) is 11.1 Å². The molecule has 0 aromatic carbocycles. The molecule has 7 nitrogen and oxygen atoms in total. The topological polar surface area (TPSA) is 94.7 Å². The number of rotatable bonds is 5. The number of nitro groups is 1. The molecule has 0 amide bonds. The maximum atomic E-state index is 10.7. The van der Waals surface area contributed by atoms with Crippen LogP contribution >= 0.6 is 9.47 Å². The number of ether oxygens (including phenoxy) is 1. The van der Waals surface area contributed by atoms with Gasteiger partial charge in [-0.2, -0.15) is 0 Å². The lowest BCUT2D eigenvalue weighted by atomic mass is 9.84. The molecule has 8 heteroatoms. The lowest BCUT2D eigenvalue weighted by molar-refractivity contribution is -0.501. The van der Waals surface area contributed by atoms with Gasteiger partial charge in [0.25, 0.3) is 0 Å². The number of fused-ring (bicyclic) bond motifs is 1. The number of aromatic nitrogens is 1. The van der Waals surface area contributed by atoms with E-state index in [0.29, 0.717) is 24.7 Å². The Morgan fingerprint density at radius 3 is 2.95 bits per heavy atom. The minimum absolute atomic E-state index is 0.274. The summed E-state index contributed by atoms with van der Waals surface area (Å²) in [7, 11) is 2.20. The first-order valence-electron chi connectivity index (χ1n) is 6.51. The molecule has 0 bridgehead atoms. The van der Waals surface area contributed by atoms with Gasteiger partial charge in [-0.05, 0) is 26.8 Å². The zero-order valence-corrected chi connectivity index (χ0v) is 13.4. The highest BCUT2D eigenvalue weighted by atomic mass is 31.0. The van der Waals surface area contributed by atoms with Crippen molar-refractivity contribution in [3.05, 3.63) is 33.1 Å². The molecule has 2 heterocycles. The highest BCUT2D eigenvalue weighted by molar-refractivity contribution is 7.09. The molecule has 21 heavy (non-hydrogen) atoms. The summed E-state index contributed by atoms with van der Waals surface area (Å²) in [4.78, 5) is 14.4. The molecule has 1 aliphatic rings. The molecule has 2 rings (SSSR count). The first kappa shape index (κ1) is 16.1. The van der Waals surface area contributed by atoms with Crippen molar-refractivity contribution in [3.8, 4) is 5.75 Å². The van der Waals surface area contributed by atoms with Crippen molar-refractivity contribution in [2.24, 2.45) is 0 Å². The fourth-order valence-electron chi connectivity index (χ4n) is 2.51. The van der Waals surface area contributed by atoms with Crippen LogP contribution < -0.4 is 4.74 Å². The average molecular weight is 314 g/mol. The quantitative estimate of drug-likeness (QED) is 0.500. The second-order valence-electron chi connectivity index (χ2n) is 5.89. The third kappa shape index (κ3) is 3.00. The van der Waals surface area contributed by atoms with E-state index in [1.165, 1.54) is 6.92 Å². The van der Waals surface area contributed by atoms with Crippen molar-refractivity contribution in [3.63, 3.8) is 0 Å². The molecule has 0 saturated heterocycles. The number of aryl methyl sites for hydroxylation is 1. The molecule has 0 aliphatic carbocycles. The van der Waals surface area contributed by atoms with Gasteiger partial charge in [0, 0.05) is 20.0 Å². The van der Waals surface area contributed by atoms with Gasteiger partial charge < -0.3 is 14.4 Å². The molecule has 1 N–H and O–H groups in total. The Kier molecular flexibility index (Phi) is 4.19. The molecule has 1 aromatic rings. The Hall–Kier alpha value is -1.30. The summed E-state index contributed by atoms with van der Waals surface area (Å²) in [5, 5.41) is 21.0. The van der Waals surface area contributed by atoms with E-state index >= 15 is 0 Å². The monoisotopic (exact) mass is 314 g/mol. The molecule has 1 aromatic heterocycles. The summed E-state index contributed by atoms with van der Waals surface area (Å²) in [6.45, 7) is 5.40. The normalized spacial score (nSPS) is 23.3. The Morgan fingerprint density at radius 2 is 2.38 bits per heavy atom. The Morgan fingerprint density at radius 1 is 1.71 bits per heavy atom. The third-order valence-electron chi connectivity index (χ3n) is 3.72. The van der Waals surface area contributed by atoms with Gasteiger partial charge >= 0.3 is 0 Å². The van der Waals surface area contributed by atoms with E-state index in [1.807, 2.05) is 6.92 Å². The van der Waals surface area contributed by atoms with Crippen molar-refractivity contribution in [2.75, 3.05) is 19.8 Å². The predicted octanol–water partition coefficient (Wildman–Crippen LogP) is 1.33. The Balaban J connectivity index is 2.49. The predicted molar refractivity (Wildman–Crippen MR) is 78.9 cm³/mol. The highest BCUT2D eigenvalue weighted by Crippen LogP contribution is 2.42. The second-order valence-corrected chi connectivity index (χ2v) is 6.23. The molecular formula is C13H19N2O5P. The van der Waals surface area contributed by atoms with Gasteiger partial charge in [0.2, 0.25) is 6.54 Å². The smallest absolute Gasteiger partial charge is 0.237 e.